The molecule has 0 atom stereocenters. The van der Waals surface area contributed by atoms with E-state index < -0.39 is 0 Å². The highest BCUT2D eigenvalue weighted by Gasteiger charge is 2.21. The topological polar surface area (TPSA) is 58.3 Å². The van der Waals surface area contributed by atoms with Gasteiger partial charge in [0.05, 0.1) is 18.9 Å². The summed E-state index contributed by atoms with van der Waals surface area (Å²) in [5, 5.41) is 9.68. The van der Waals surface area contributed by atoms with E-state index >= 15 is 0 Å². The van der Waals surface area contributed by atoms with Gasteiger partial charge in [-0.2, -0.15) is 5.26 Å². The number of carbonyl (C=O) groups excluding carboxylic acids is 1. The van der Waals surface area contributed by atoms with Gasteiger partial charge in [-0.1, -0.05) is 24.3 Å². The molecule has 0 bridgehead atoms. The van der Waals surface area contributed by atoms with Crippen LogP contribution in [-0.2, 0) is 4.74 Å². The van der Waals surface area contributed by atoms with Gasteiger partial charge in [0.15, 0.2) is 0 Å². The average Bonchev–Trinajstić information content (AvgIpc) is 3.12. The van der Waals surface area contributed by atoms with Crippen molar-refractivity contribution in [3.63, 3.8) is 0 Å². The standard InChI is InChI=1S/C26H24FN3O2/c1-18-15-23(19(2)30(18)25-6-4-3-5-24(25)27)26(31)21(17-28)16-20-7-9-22(10-8-20)29-11-13-32-14-12-29/h3-10,15-16H,11-14H2,1-2H3/b21-16-. The van der Waals surface area contributed by atoms with Crippen molar-refractivity contribution in [1.82, 2.24) is 4.57 Å². The summed E-state index contributed by atoms with van der Waals surface area (Å²) in [6.07, 6.45) is 1.60. The Bertz CT molecular complexity index is 1210. The summed E-state index contributed by atoms with van der Waals surface area (Å²) in [6.45, 7) is 6.68. The summed E-state index contributed by atoms with van der Waals surface area (Å²) in [4.78, 5) is 15.4. The number of rotatable bonds is 5. The van der Waals surface area contributed by atoms with E-state index in [2.05, 4.69) is 4.90 Å². The Morgan fingerprint density at radius 2 is 1.78 bits per heavy atom. The molecule has 3 aromatic rings. The summed E-state index contributed by atoms with van der Waals surface area (Å²) in [6, 6.07) is 17.9. The highest BCUT2D eigenvalue weighted by atomic mass is 19.1. The first-order valence-electron chi connectivity index (χ1n) is 10.5. The largest absolute Gasteiger partial charge is 0.378 e. The first kappa shape index (κ1) is 21.5. The van der Waals surface area contributed by atoms with Crippen molar-refractivity contribution < 1.29 is 13.9 Å². The number of ketones is 1. The lowest BCUT2D eigenvalue weighted by Crippen LogP contribution is -2.36. The predicted molar refractivity (Wildman–Crippen MR) is 123 cm³/mol. The van der Waals surface area contributed by atoms with Gasteiger partial charge in [0.1, 0.15) is 17.5 Å². The number of nitrogens with zero attached hydrogens (tertiary/aromatic N) is 3. The minimum absolute atomic E-state index is 0.0397. The van der Waals surface area contributed by atoms with Gasteiger partial charge < -0.3 is 14.2 Å². The van der Waals surface area contributed by atoms with Crippen LogP contribution in [0.25, 0.3) is 11.8 Å². The molecule has 0 N–H and O–H groups in total. The summed E-state index contributed by atoms with van der Waals surface area (Å²) >= 11 is 0. The molecule has 1 fully saturated rings. The molecule has 1 aliphatic rings. The zero-order chi connectivity index (χ0) is 22.7. The van der Waals surface area contributed by atoms with Crippen molar-refractivity contribution >= 4 is 17.5 Å². The van der Waals surface area contributed by atoms with Crippen LogP contribution in [-0.4, -0.2) is 36.7 Å². The van der Waals surface area contributed by atoms with Crippen LogP contribution in [0.2, 0.25) is 0 Å². The van der Waals surface area contributed by atoms with Crippen molar-refractivity contribution in [2.75, 3.05) is 31.2 Å². The summed E-state index contributed by atoms with van der Waals surface area (Å²) in [5.41, 5.74) is 3.99. The summed E-state index contributed by atoms with van der Waals surface area (Å²) in [5.74, 6) is -0.745. The number of aryl methyl sites for hydroxylation is 1. The van der Waals surface area contributed by atoms with Crippen LogP contribution in [0, 0.1) is 31.0 Å². The first-order chi connectivity index (χ1) is 15.5. The van der Waals surface area contributed by atoms with Crippen LogP contribution < -0.4 is 4.90 Å². The molecule has 0 unspecified atom stereocenters. The second kappa shape index (κ2) is 9.21. The Balaban J connectivity index is 1.62. The van der Waals surface area contributed by atoms with Gasteiger partial charge in [-0.3, -0.25) is 4.79 Å². The van der Waals surface area contributed by atoms with E-state index in [1.165, 1.54) is 6.07 Å². The van der Waals surface area contributed by atoms with E-state index in [9.17, 15) is 14.4 Å². The molecule has 0 saturated carbocycles. The van der Waals surface area contributed by atoms with Gasteiger partial charge in [-0.25, -0.2) is 4.39 Å². The highest BCUT2D eigenvalue weighted by molar-refractivity contribution is 6.14. The fourth-order valence-electron chi connectivity index (χ4n) is 4.06. The number of morpholine rings is 1. The molecule has 2 heterocycles. The van der Waals surface area contributed by atoms with Gasteiger partial charge in [-0.15, -0.1) is 0 Å². The Kier molecular flexibility index (Phi) is 6.20. The molecule has 4 rings (SSSR count). The molecule has 1 saturated heterocycles. The fraction of sp³-hybridized carbons (Fsp3) is 0.231. The second-order valence-corrected chi connectivity index (χ2v) is 7.76. The van der Waals surface area contributed by atoms with E-state index in [-0.39, 0.29) is 17.2 Å². The minimum atomic E-state index is -0.375. The molecule has 32 heavy (non-hydrogen) atoms. The monoisotopic (exact) mass is 429 g/mol. The fourth-order valence-corrected chi connectivity index (χ4v) is 4.06. The number of benzene rings is 2. The van der Waals surface area contributed by atoms with E-state index in [1.54, 1.807) is 41.8 Å². The van der Waals surface area contributed by atoms with Gasteiger partial charge in [0, 0.05) is 35.7 Å². The molecule has 0 radical (unpaired) electrons. The lowest BCUT2D eigenvalue weighted by atomic mass is 10.0. The van der Waals surface area contributed by atoms with Crippen molar-refractivity contribution in [3.8, 4) is 11.8 Å². The lowest BCUT2D eigenvalue weighted by Gasteiger charge is -2.28. The van der Waals surface area contributed by atoms with Crippen molar-refractivity contribution in [1.29, 1.82) is 5.26 Å². The Hall–Kier alpha value is -3.69. The van der Waals surface area contributed by atoms with Crippen molar-refractivity contribution in [3.05, 3.63) is 88.5 Å². The van der Waals surface area contributed by atoms with Crippen LogP contribution in [0.5, 0.6) is 0 Å². The number of allylic oxidation sites excluding steroid dienone is 1. The number of aromatic nitrogens is 1. The maximum atomic E-state index is 14.3. The van der Waals surface area contributed by atoms with E-state index in [0.29, 0.717) is 30.2 Å². The summed E-state index contributed by atoms with van der Waals surface area (Å²) < 4.78 is 21.4. The second-order valence-electron chi connectivity index (χ2n) is 7.76. The van der Waals surface area contributed by atoms with Crippen LogP contribution in [0.1, 0.15) is 27.3 Å². The molecular formula is C26H24FN3O2. The maximum absolute atomic E-state index is 14.3. The number of hydrogen-bond donors (Lipinski definition) is 0. The first-order valence-corrected chi connectivity index (χ1v) is 10.5. The molecule has 1 aliphatic heterocycles. The number of ether oxygens (including phenoxy) is 1. The molecule has 1 aromatic heterocycles. The normalized spacial score (nSPS) is 14.3. The third-order valence-electron chi connectivity index (χ3n) is 5.71. The Morgan fingerprint density at radius 1 is 1.09 bits per heavy atom. The number of halogens is 1. The lowest BCUT2D eigenvalue weighted by molar-refractivity contribution is 0.103. The van der Waals surface area contributed by atoms with Crippen LogP contribution >= 0.6 is 0 Å². The van der Waals surface area contributed by atoms with Gasteiger partial charge in [0.25, 0.3) is 0 Å². The Labute approximate surface area is 187 Å². The van der Waals surface area contributed by atoms with Crippen LogP contribution in [0.3, 0.4) is 0 Å². The number of para-hydroxylation sites is 1. The van der Waals surface area contributed by atoms with Crippen LogP contribution in [0.15, 0.2) is 60.2 Å². The highest BCUT2D eigenvalue weighted by Crippen LogP contribution is 2.25. The van der Waals surface area contributed by atoms with E-state index in [1.807, 2.05) is 37.3 Å². The summed E-state index contributed by atoms with van der Waals surface area (Å²) in [7, 11) is 0. The number of anilines is 1. The third kappa shape index (κ3) is 4.20. The van der Waals surface area contributed by atoms with Gasteiger partial charge >= 0.3 is 0 Å². The molecule has 5 nitrogen and oxygen atoms in total. The minimum Gasteiger partial charge on any atom is -0.378 e. The third-order valence-corrected chi connectivity index (χ3v) is 5.71. The average molecular weight is 429 g/mol. The molecule has 0 spiro atoms. The van der Waals surface area contributed by atoms with Gasteiger partial charge in [0.2, 0.25) is 5.78 Å². The molecular weight excluding hydrogens is 405 g/mol. The predicted octanol–water partition coefficient (Wildman–Crippen LogP) is 4.86. The van der Waals surface area contributed by atoms with Crippen molar-refractivity contribution in [2.24, 2.45) is 0 Å². The number of hydrogen-bond acceptors (Lipinski definition) is 4. The smallest absolute Gasteiger partial charge is 0.205 e. The quantitative estimate of drug-likeness (QED) is 0.330. The molecule has 6 heteroatoms. The van der Waals surface area contributed by atoms with E-state index in [4.69, 9.17) is 4.74 Å². The molecule has 0 aliphatic carbocycles. The molecule has 0 amide bonds. The zero-order valence-electron chi connectivity index (χ0n) is 18.1. The SMILES string of the molecule is Cc1cc(C(=O)/C(C#N)=C\c2ccc(N3CCOCC3)cc2)c(C)n1-c1ccccc1F. The molecule has 2 aromatic carbocycles. The maximum Gasteiger partial charge on any atom is 0.205 e. The number of nitriles is 1. The Morgan fingerprint density at radius 3 is 2.44 bits per heavy atom. The molecule has 162 valence electrons. The van der Waals surface area contributed by atoms with Gasteiger partial charge in [-0.05, 0) is 55.8 Å². The number of Topliss-reactive ketones (excluding diaryl/α,β-unsaturated/α-hetero) is 1. The zero-order valence-corrected chi connectivity index (χ0v) is 18.1. The number of carbonyl (C=O) groups is 1. The van der Waals surface area contributed by atoms with Crippen LogP contribution in [0.4, 0.5) is 10.1 Å². The van der Waals surface area contributed by atoms with Crippen molar-refractivity contribution in [2.45, 2.75) is 13.8 Å². The van der Waals surface area contributed by atoms with E-state index in [0.717, 1.165) is 30.0 Å².